The van der Waals surface area contributed by atoms with Gasteiger partial charge in [-0.15, -0.1) is 10.2 Å². The van der Waals surface area contributed by atoms with Crippen LogP contribution in [0.4, 0.5) is 11.5 Å². The van der Waals surface area contributed by atoms with E-state index in [9.17, 15) is 0 Å². The number of hydrogen-bond donors (Lipinski definition) is 1. The molecule has 1 N–H and O–H groups in total. The zero-order chi connectivity index (χ0) is 12.1. The van der Waals surface area contributed by atoms with E-state index in [2.05, 4.69) is 34.6 Å². The van der Waals surface area contributed by atoms with Crippen molar-refractivity contribution < 1.29 is 0 Å². The minimum absolute atomic E-state index is 0.397. The van der Waals surface area contributed by atoms with Crippen molar-refractivity contribution in [1.29, 1.82) is 0 Å². The molecule has 88 valence electrons. The molecule has 1 heterocycles. The Bertz CT molecular complexity index is 465. The van der Waals surface area contributed by atoms with Crippen LogP contribution in [-0.2, 0) is 6.42 Å². The van der Waals surface area contributed by atoms with Gasteiger partial charge in [0.25, 0.3) is 0 Å². The first-order valence-electron chi connectivity index (χ1n) is 5.63. The summed E-state index contributed by atoms with van der Waals surface area (Å²) in [7, 11) is 0. The SMILES string of the molecule is CCCc1ccc(Nc2ccc(Cl)nn2)cc1. The Morgan fingerprint density at radius 1 is 1.06 bits per heavy atom. The number of aromatic nitrogens is 2. The number of hydrogen-bond acceptors (Lipinski definition) is 3. The number of anilines is 2. The van der Waals surface area contributed by atoms with Gasteiger partial charge in [0.1, 0.15) is 0 Å². The molecular formula is C13H14ClN3. The maximum absolute atomic E-state index is 5.67. The summed E-state index contributed by atoms with van der Waals surface area (Å²) in [5, 5.41) is 11.3. The molecule has 0 aliphatic heterocycles. The minimum Gasteiger partial charge on any atom is -0.339 e. The van der Waals surface area contributed by atoms with Crippen molar-refractivity contribution in [2.45, 2.75) is 19.8 Å². The van der Waals surface area contributed by atoms with Gasteiger partial charge >= 0.3 is 0 Å². The first-order valence-corrected chi connectivity index (χ1v) is 6.01. The van der Waals surface area contributed by atoms with Crippen LogP contribution in [0.1, 0.15) is 18.9 Å². The number of halogens is 1. The van der Waals surface area contributed by atoms with Gasteiger partial charge in [-0.1, -0.05) is 37.1 Å². The lowest BCUT2D eigenvalue weighted by atomic mass is 10.1. The maximum Gasteiger partial charge on any atom is 0.153 e. The molecule has 3 nitrogen and oxygen atoms in total. The molecule has 0 aliphatic rings. The van der Waals surface area contributed by atoms with Gasteiger partial charge in [0, 0.05) is 5.69 Å². The van der Waals surface area contributed by atoms with E-state index in [0.29, 0.717) is 11.0 Å². The van der Waals surface area contributed by atoms with E-state index in [1.54, 1.807) is 12.1 Å². The van der Waals surface area contributed by atoms with Crippen molar-refractivity contribution in [3.63, 3.8) is 0 Å². The van der Waals surface area contributed by atoms with Crippen molar-refractivity contribution in [3.05, 3.63) is 47.1 Å². The molecule has 0 atom stereocenters. The summed E-state index contributed by atoms with van der Waals surface area (Å²) < 4.78 is 0. The summed E-state index contributed by atoms with van der Waals surface area (Å²) in [6, 6.07) is 11.8. The largest absolute Gasteiger partial charge is 0.339 e. The van der Waals surface area contributed by atoms with Crippen LogP contribution in [0.3, 0.4) is 0 Å². The van der Waals surface area contributed by atoms with Gasteiger partial charge in [-0.3, -0.25) is 0 Å². The molecule has 0 unspecified atom stereocenters. The van der Waals surface area contributed by atoms with Crippen molar-refractivity contribution in [2.75, 3.05) is 5.32 Å². The first kappa shape index (κ1) is 11.9. The number of rotatable bonds is 4. The highest BCUT2D eigenvalue weighted by atomic mass is 35.5. The molecule has 0 saturated heterocycles. The van der Waals surface area contributed by atoms with Crippen LogP contribution in [0.15, 0.2) is 36.4 Å². The average molecular weight is 248 g/mol. The minimum atomic E-state index is 0.397. The predicted molar refractivity (Wildman–Crippen MR) is 70.8 cm³/mol. The smallest absolute Gasteiger partial charge is 0.153 e. The van der Waals surface area contributed by atoms with Crippen LogP contribution in [0.5, 0.6) is 0 Å². The van der Waals surface area contributed by atoms with Gasteiger partial charge in [-0.05, 0) is 36.2 Å². The summed E-state index contributed by atoms with van der Waals surface area (Å²) in [6.45, 7) is 2.18. The highest BCUT2D eigenvalue weighted by Crippen LogP contribution is 2.16. The van der Waals surface area contributed by atoms with Crippen molar-refractivity contribution in [3.8, 4) is 0 Å². The van der Waals surface area contributed by atoms with Gasteiger partial charge in [0.05, 0.1) is 0 Å². The fourth-order valence-corrected chi connectivity index (χ4v) is 1.67. The van der Waals surface area contributed by atoms with E-state index in [-0.39, 0.29) is 0 Å². The summed E-state index contributed by atoms with van der Waals surface area (Å²) in [6.07, 6.45) is 2.27. The maximum atomic E-state index is 5.67. The lowest BCUT2D eigenvalue weighted by Crippen LogP contribution is -1.95. The van der Waals surface area contributed by atoms with Gasteiger partial charge in [-0.2, -0.15) is 0 Å². The Morgan fingerprint density at radius 2 is 1.82 bits per heavy atom. The van der Waals surface area contributed by atoms with Gasteiger partial charge in [-0.25, -0.2) is 0 Å². The van der Waals surface area contributed by atoms with E-state index >= 15 is 0 Å². The topological polar surface area (TPSA) is 37.8 Å². The average Bonchev–Trinajstić information content (AvgIpc) is 2.35. The molecule has 1 aromatic heterocycles. The molecule has 0 saturated carbocycles. The second-order valence-corrected chi connectivity index (χ2v) is 4.20. The third kappa shape index (κ3) is 3.43. The molecular weight excluding hydrogens is 234 g/mol. The van der Waals surface area contributed by atoms with Gasteiger partial charge in [0.15, 0.2) is 11.0 Å². The van der Waals surface area contributed by atoms with E-state index in [4.69, 9.17) is 11.6 Å². The Labute approximate surface area is 106 Å². The molecule has 0 radical (unpaired) electrons. The zero-order valence-electron chi connectivity index (χ0n) is 9.65. The first-order chi connectivity index (χ1) is 8.28. The zero-order valence-corrected chi connectivity index (χ0v) is 10.4. The van der Waals surface area contributed by atoms with Crippen LogP contribution in [0.25, 0.3) is 0 Å². The standard InChI is InChI=1S/C13H14ClN3/c1-2-3-10-4-6-11(7-5-10)15-13-9-8-12(14)16-17-13/h4-9H,2-3H2,1H3,(H,15,17). The van der Waals surface area contributed by atoms with Crippen molar-refractivity contribution >= 4 is 23.1 Å². The third-order valence-corrected chi connectivity index (χ3v) is 2.60. The third-order valence-electron chi connectivity index (χ3n) is 2.40. The highest BCUT2D eigenvalue weighted by Gasteiger charge is 1.97. The molecule has 4 heteroatoms. The lowest BCUT2D eigenvalue weighted by Gasteiger charge is -2.05. The molecule has 0 spiro atoms. The fourth-order valence-electron chi connectivity index (χ4n) is 1.57. The van der Waals surface area contributed by atoms with E-state index in [1.807, 2.05) is 12.1 Å². The van der Waals surface area contributed by atoms with Crippen LogP contribution in [-0.4, -0.2) is 10.2 Å². The predicted octanol–water partition coefficient (Wildman–Crippen LogP) is 3.83. The Kier molecular flexibility index (Phi) is 3.94. The molecule has 0 aliphatic carbocycles. The monoisotopic (exact) mass is 247 g/mol. The van der Waals surface area contributed by atoms with E-state index in [1.165, 1.54) is 5.56 Å². The molecule has 17 heavy (non-hydrogen) atoms. The molecule has 0 fully saturated rings. The molecule has 0 amide bonds. The molecule has 2 rings (SSSR count). The van der Waals surface area contributed by atoms with Crippen LogP contribution >= 0.6 is 11.6 Å². The highest BCUT2D eigenvalue weighted by molar-refractivity contribution is 6.29. The van der Waals surface area contributed by atoms with Crippen molar-refractivity contribution in [1.82, 2.24) is 10.2 Å². The number of benzene rings is 1. The quantitative estimate of drug-likeness (QED) is 0.892. The normalized spacial score (nSPS) is 10.2. The van der Waals surface area contributed by atoms with Crippen LogP contribution in [0.2, 0.25) is 5.15 Å². The summed E-state index contributed by atoms with van der Waals surface area (Å²) in [5.74, 6) is 0.692. The summed E-state index contributed by atoms with van der Waals surface area (Å²) in [5.41, 5.74) is 2.35. The second-order valence-electron chi connectivity index (χ2n) is 3.81. The lowest BCUT2D eigenvalue weighted by molar-refractivity contribution is 0.922. The van der Waals surface area contributed by atoms with Crippen molar-refractivity contribution in [2.24, 2.45) is 0 Å². The number of nitrogens with one attached hydrogen (secondary N) is 1. The number of nitrogens with zero attached hydrogens (tertiary/aromatic N) is 2. The fraction of sp³-hybridized carbons (Fsp3) is 0.231. The van der Waals surface area contributed by atoms with Gasteiger partial charge < -0.3 is 5.32 Å². The summed E-state index contributed by atoms with van der Waals surface area (Å²) >= 11 is 5.67. The Balaban J connectivity index is 2.05. The molecule has 1 aromatic carbocycles. The Morgan fingerprint density at radius 3 is 2.41 bits per heavy atom. The Hall–Kier alpha value is -1.61. The van der Waals surface area contributed by atoms with Crippen LogP contribution < -0.4 is 5.32 Å². The number of aryl methyl sites for hydroxylation is 1. The second kappa shape index (κ2) is 5.64. The van der Waals surface area contributed by atoms with Crippen LogP contribution in [0, 0.1) is 0 Å². The molecule has 2 aromatic rings. The van der Waals surface area contributed by atoms with Gasteiger partial charge in [0.2, 0.25) is 0 Å². The summed E-state index contributed by atoms with van der Waals surface area (Å²) in [4.78, 5) is 0. The van der Waals surface area contributed by atoms with E-state index < -0.39 is 0 Å². The van der Waals surface area contributed by atoms with E-state index in [0.717, 1.165) is 18.5 Å². The molecule has 0 bridgehead atoms.